The van der Waals surface area contributed by atoms with Gasteiger partial charge in [-0.1, -0.05) is 23.7 Å². The molecular weight excluding hydrogens is 393 g/mol. The number of hydrogen-bond donors (Lipinski definition) is 1. The van der Waals surface area contributed by atoms with Crippen LogP contribution in [0.5, 0.6) is 5.75 Å². The molecule has 0 saturated carbocycles. The summed E-state index contributed by atoms with van der Waals surface area (Å²) in [5.74, 6) is 2.59. The van der Waals surface area contributed by atoms with E-state index < -0.39 is 0 Å². The molecule has 1 N–H and O–H groups in total. The fourth-order valence-corrected chi connectivity index (χ4v) is 3.60. The van der Waals surface area contributed by atoms with E-state index in [1.54, 1.807) is 36.4 Å². The third kappa shape index (κ3) is 5.81. The summed E-state index contributed by atoms with van der Waals surface area (Å²) < 4.78 is 19.1. The normalized spacial score (nSPS) is 17.3. The number of piperazine rings is 1. The number of halogens is 2. The molecule has 1 saturated heterocycles. The maximum absolute atomic E-state index is 13.2. The highest BCUT2D eigenvalue weighted by atomic mass is 35.5. The van der Waals surface area contributed by atoms with Crippen LogP contribution in [0.3, 0.4) is 0 Å². The molecule has 5 nitrogen and oxygen atoms in total. The summed E-state index contributed by atoms with van der Waals surface area (Å²) in [6.07, 6.45) is 0.764. The number of ether oxygens (including phenoxy) is 1. The van der Waals surface area contributed by atoms with Crippen molar-refractivity contribution in [1.82, 2.24) is 15.1 Å². The number of carbonyl (C=O) groups excluding carboxylic acids is 1. The van der Waals surface area contributed by atoms with E-state index in [0.29, 0.717) is 29.6 Å². The van der Waals surface area contributed by atoms with E-state index in [9.17, 15) is 9.18 Å². The minimum atomic E-state index is -0.252. The minimum absolute atomic E-state index is 0.0902. The van der Waals surface area contributed by atoms with Gasteiger partial charge in [0.25, 0.3) is 0 Å². The van der Waals surface area contributed by atoms with Crippen LogP contribution in [0.15, 0.2) is 54.2 Å². The Morgan fingerprint density at radius 1 is 1.17 bits per heavy atom. The molecule has 3 rings (SSSR count). The van der Waals surface area contributed by atoms with Gasteiger partial charge in [-0.3, -0.25) is 4.90 Å². The van der Waals surface area contributed by atoms with Crippen LogP contribution in [0.1, 0.15) is 12.0 Å². The summed E-state index contributed by atoms with van der Waals surface area (Å²) >= 11 is 5.91. The smallest absolute Gasteiger partial charge is 0.161 e. The maximum Gasteiger partial charge on any atom is 0.161 e. The molecule has 0 spiro atoms. The first-order chi connectivity index (χ1) is 14.1. The average Bonchev–Trinajstić information content (AvgIpc) is 2.74. The standard InChI is InChI=1S/C22H25ClFN3O2/c1-25-11-10-21-22(15-28)27(16-29-20-8-4-18(23)5-9-20)13-12-26(21)14-17-2-6-19(24)7-3-17/h2-9,21,25H,10-14,16H2,1H3. The second-order valence-electron chi connectivity index (χ2n) is 6.98. The molecule has 0 amide bonds. The van der Waals surface area contributed by atoms with Crippen molar-refractivity contribution in [3.63, 3.8) is 0 Å². The number of nitrogens with zero attached hydrogens (tertiary/aromatic N) is 2. The molecule has 1 heterocycles. The SMILES string of the molecule is CNCCC1C(=C=O)N(COc2ccc(Cl)cc2)CCN1Cc1ccc(F)cc1. The van der Waals surface area contributed by atoms with Gasteiger partial charge < -0.3 is 15.0 Å². The van der Waals surface area contributed by atoms with Crippen LogP contribution in [-0.2, 0) is 11.3 Å². The molecule has 1 aliphatic heterocycles. The molecule has 2 aromatic rings. The quantitative estimate of drug-likeness (QED) is 0.667. The molecule has 29 heavy (non-hydrogen) atoms. The Balaban J connectivity index is 1.70. The predicted molar refractivity (Wildman–Crippen MR) is 112 cm³/mol. The molecule has 0 radical (unpaired) electrons. The van der Waals surface area contributed by atoms with E-state index >= 15 is 0 Å². The van der Waals surface area contributed by atoms with Gasteiger partial charge in [0.1, 0.15) is 23.2 Å². The average molecular weight is 418 g/mol. The molecule has 7 heteroatoms. The topological polar surface area (TPSA) is 44.8 Å². The summed E-state index contributed by atoms with van der Waals surface area (Å²) in [4.78, 5) is 16.0. The second-order valence-corrected chi connectivity index (χ2v) is 7.42. The number of benzene rings is 2. The third-order valence-electron chi connectivity index (χ3n) is 5.03. The van der Waals surface area contributed by atoms with Crippen molar-refractivity contribution in [3.05, 3.63) is 70.6 Å². The highest BCUT2D eigenvalue weighted by molar-refractivity contribution is 6.30. The number of nitrogens with one attached hydrogen (secondary N) is 1. The molecule has 1 aliphatic rings. The molecule has 1 unspecified atom stereocenters. The zero-order chi connectivity index (χ0) is 20.6. The Hall–Kier alpha value is -2.37. The van der Waals surface area contributed by atoms with Crippen LogP contribution < -0.4 is 10.1 Å². The highest BCUT2D eigenvalue weighted by Gasteiger charge is 2.32. The third-order valence-corrected chi connectivity index (χ3v) is 5.28. The zero-order valence-electron chi connectivity index (χ0n) is 16.4. The fraction of sp³-hybridized carbons (Fsp3) is 0.364. The highest BCUT2D eigenvalue weighted by Crippen LogP contribution is 2.24. The van der Waals surface area contributed by atoms with Crippen molar-refractivity contribution in [2.24, 2.45) is 0 Å². The lowest BCUT2D eigenvalue weighted by molar-refractivity contribution is 0.0644. The molecule has 0 bridgehead atoms. The van der Waals surface area contributed by atoms with Crippen LogP contribution in [-0.4, -0.2) is 55.2 Å². The monoisotopic (exact) mass is 417 g/mol. The summed E-state index contributed by atoms with van der Waals surface area (Å²) in [5.41, 5.74) is 1.60. The van der Waals surface area contributed by atoms with E-state index in [4.69, 9.17) is 16.3 Å². The van der Waals surface area contributed by atoms with Gasteiger partial charge in [0.15, 0.2) is 6.73 Å². The van der Waals surface area contributed by atoms with Crippen molar-refractivity contribution < 1.29 is 13.9 Å². The Labute approximate surface area is 175 Å². The first-order valence-corrected chi connectivity index (χ1v) is 10.00. The van der Waals surface area contributed by atoms with Crippen molar-refractivity contribution in [1.29, 1.82) is 0 Å². The number of hydrogen-bond acceptors (Lipinski definition) is 5. The van der Waals surface area contributed by atoms with E-state index in [1.165, 1.54) is 12.1 Å². The molecule has 154 valence electrons. The van der Waals surface area contributed by atoms with Crippen LogP contribution in [0.4, 0.5) is 4.39 Å². The lowest BCUT2D eigenvalue weighted by atomic mass is 10.0. The van der Waals surface area contributed by atoms with Gasteiger partial charge in [-0.25, -0.2) is 9.18 Å². The van der Waals surface area contributed by atoms with Crippen LogP contribution in [0.25, 0.3) is 0 Å². The maximum atomic E-state index is 13.2. The molecule has 1 fully saturated rings. The van der Waals surface area contributed by atoms with Gasteiger partial charge in [0, 0.05) is 24.7 Å². The molecule has 0 aromatic heterocycles. The van der Waals surface area contributed by atoms with E-state index in [-0.39, 0.29) is 18.6 Å². The summed E-state index contributed by atoms with van der Waals surface area (Å²) in [6.45, 7) is 3.09. The Bertz CT molecular complexity index is 838. The lowest BCUT2D eigenvalue weighted by Crippen LogP contribution is -2.52. The predicted octanol–water partition coefficient (Wildman–Crippen LogP) is 3.33. The summed E-state index contributed by atoms with van der Waals surface area (Å²) in [5, 5.41) is 3.79. The van der Waals surface area contributed by atoms with Crippen molar-refractivity contribution in [2.45, 2.75) is 19.0 Å². The molecule has 0 aliphatic carbocycles. The summed E-state index contributed by atoms with van der Waals surface area (Å²) in [7, 11) is 1.89. The Morgan fingerprint density at radius 2 is 1.90 bits per heavy atom. The molecular formula is C22H25ClFN3O2. The van der Waals surface area contributed by atoms with Gasteiger partial charge >= 0.3 is 0 Å². The van der Waals surface area contributed by atoms with Gasteiger partial charge in [-0.05, 0) is 62.0 Å². The first kappa shape index (κ1) is 21.3. The van der Waals surface area contributed by atoms with E-state index in [2.05, 4.69) is 16.2 Å². The van der Waals surface area contributed by atoms with Crippen molar-refractivity contribution in [2.75, 3.05) is 33.4 Å². The van der Waals surface area contributed by atoms with Crippen molar-refractivity contribution >= 4 is 17.5 Å². The van der Waals surface area contributed by atoms with Gasteiger partial charge in [0.05, 0.1) is 6.04 Å². The minimum Gasteiger partial charge on any atom is -0.473 e. The van der Waals surface area contributed by atoms with Crippen LogP contribution in [0.2, 0.25) is 5.02 Å². The van der Waals surface area contributed by atoms with E-state index in [0.717, 1.165) is 25.1 Å². The first-order valence-electron chi connectivity index (χ1n) is 9.62. The molecule has 2 aromatic carbocycles. The largest absolute Gasteiger partial charge is 0.473 e. The van der Waals surface area contributed by atoms with Crippen LogP contribution >= 0.6 is 11.6 Å². The Morgan fingerprint density at radius 3 is 2.55 bits per heavy atom. The van der Waals surface area contributed by atoms with Gasteiger partial charge in [-0.15, -0.1) is 0 Å². The Kier molecular flexibility index (Phi) is 7.67. The number of rotatable bonds is 8. The second kappa shape index (κ2) is 10.4. The van der Waals surface area contributed by atoms with E-state index in [1.807, 2.05) is 11.9 Å². The van der Waals surface area contributed by atoms with Gasteiger partial charge in [-0.2, -0.15) is 0 Å². The fourth-order valence-electron chi connectivity index (χ4n) is 3.47. The van der Waals surface area contributed by atoms with Crippen molar-refractivity contribution in [3.8, 4) is 5.75 Å². The zero-order valence-corrected chi connectivity index (χ0v) is 17.2. The summed E-state index contributed by atoms with van der Waals surface area (Å²) in [6, 6.07) is 13.5. The van der Waals surface area contributed by atoms with Crippen LogP contribution in [0, 0.1) is 5.82 Å². The molecule has 1 atom stereocenters. The van der Waals surface area contributed by atoms with Gasteiger partial charge in [0.2, 0.25) is 0 Å². The lowest BCUT2D eigenvalue weighted by Gasteiger charge is -2.42.